The Hall–Kier alpha value is -1.17. The first-order valence-corrected chi connectivity index (χ1v) is 7.81. The summed E-state index contributed by atoms with van der Waals surface area (Å²) in [5, 5.41) is 20.7. The van der Waals surface area contributed by atoms with Crippen molar-refractivity contribution in [1.29, 1.82) is 5.26 Å². The topological polar surface area (TPSA) is 102 Å². The minimum absolute atomic E-state index is 0.0111. The monoisotopic (exact) mass is 317 g/mol. The summed E-state index contributed by atoms with van der Waals surface area (Å²) in [5.41, 5.74) is 0.226. The predicted molar refractivity (Wildman–Crippen MR) is 75.9 cm³/mol. The second-order valence-corrected chi connectivity index (χ2v) is 6.38. The summed E-state index contributed by atoms with van der Waals surface area (Å²) in [5.74, 6) is 0. The Morgan fingerprint density at radius 2 is 2.15 bits per heavy atom. The van der Waals surface area contributed by atoms with Gasteiger partial charge in [-0.15, -0.1) is 0 Å². The van der Waals surface area contributed by atoms with Gasteiger partial charge in [-0.2, -0.15) is 5.26 Å². The van der Waals surface area contributed by atoms with Crippen molar-refractivity contribution in [1.82, 2.24) is 10.0 Å². The zero-order valence-corrected chi connectivity index (χ0v) is 12.5. The third-order valence-corrected chi connectivity index (χ3v) is 4.18. The van der Waals surface area contributed by atoms with Crippen LogP contribution in [-0.4, -0.2) is 39.3 Å². The van der Waals surface area contributed by atoms with Gasteiger partial charge in [-0.25, -0.2) is 13.1 Å². The largest absolute Gasteiger partial charge is 0.392 e. The minimum atomic E-state index is -3.65. The fraction of sp³-hybridized carbons (Fsp3) is 0.417. The number of halogens is 1. The van der Waals surface area contributed by atoms with Crippen LogP contribution in [0.1, 0.15) is 12.5 Å². The molecule has 3 N–H and O–H groups in total. The van der Waals surface area contributed by atoms with E-state index in [1.165, 1.54) is 18.2 Å². The first-order valence-electron chi connectivity index (χ1n) is 5.95. The number of aliphatic hydroxyl groups is 1. The predicted octanol–water partition coefficient (Wildman–Crippen LogP) is 0.460. The number of sulfonamides is 1. The molecule has 1 aromatic carbocycles. The smallest absolute Gasteiger partial charge is 0.240 e. The number of hydrogen-bond acceptors (Lipinski definition) is 5. The molecule has 0 saturated carbocycles. The van der Waals surface area contributed by atoms with Crippen LogP contribution in [0.2, 0.25) is 5.02 Å². The van der Waals surface area contributed by atoms with E-state index in [0.717, 1.165) is 0 Å². The van der Waals surface area contributed by atoms with Crippen molar-refractivity contribution in [3.8, 4) is 6.07 Å². The third-order valence-electron chi connectivity index (χ3n) is 2.40. The standard InChI is InChI=1S/C12H16ClN3O3S/c1-9(17)8-15-4-5-16-20(18,19)11-3-2-10(7-14)12(13)6-11/h2-3,6,9,15-17H,4-5,8H2,1H3. The highest BCUT2D eigenvalue weighted by Crippen LogP contribution is 2.19. The molecule has 0 bridgehead atoms. The van der Waals surface area contributed by atoms with E-state index in [9.17, 15) is 8.42 Å². The number of nitriles is 1. The summed E-state index contributed by atoms with van der Waals surface area (Å²) in [6.45, 7) is 2.61. The SMILES string of the molecule is CC(O)CNCCNS(=O)(=O)c1ccc(C#N)c(Cl)c1. The molecule has 8 heteroatoms. The highest BCUT2D eigenvalue weighted by Gasteiger charge is 2.14. The van der Waals surface area contributed by atoms with Crippen molar-refractivity contribution >= 4 is 21.6 Å². The van der Waals surface area contributed by atoms with Crippen LogP contribution in [0.3, 0.4) is 0 Å². The molecule has 6 nitrogen and oxygen atoms in total. The van der Waals surface area contributed by atoms with E-state index in [2.05, 4.69) is 10.0 Å². The Morgan fingerprint density at radius 3 is 2.70 bits per heavy atom. The van der Waals surface area contributed by atoms with Gasteiger partial charge in [0.05, 0.1) is 21.6 Å². The van der Waals surface area contributed by atoms with Gasteiger partial charge in [0.2, 0.25) is 10.0 Å². The van der Waals surface area contributed by atoms with Crippen LogP contribution >= 0.6 is 11.6 Å². The first-order chi connectivity index (χ1) is 9.36. The minimum Gasteiger partial charge on any atom is -0.392 e. The maximum Gasteiger partial charge on any atom is 0.240 e. The molecule has 0 aliphatic heterocycles. The van der Waals surface area contributed by atoms with Crippen LogP contribution in [0, 0.1) is 11.3 Å². The second-order valence-electron chi connectivity index (χ2n) is 4.20. The fourth-order valence-electron chi connectivity index (χ4n) is 1.42. The molecule has 0 aliphatic carbocycles. The van der Waals surface area contributed by atoms with E-state index >= 15 is 0 Å². The average molecular weight is 318 g/mol. The number of benzene rings is 1. The molecular weight excluding hydrogens is 302 g/mol. The zero-order valence-electron chi connectivity index (χ0n) is 10.9. The second kappa shape index (κ2) is 7.57. The summed E-state index contributed by atoms with van der Waals surface area (Å²) in [4.78, 5) is 0.0111. The summed E-state index contributed by atoms with van der Waals surface area (Å²) >= 11 is 5.80. The molecule has 1 aromatic rings. The molecule has 0 amide bonds. The Balaban J connectivity index is 2.61. The van der Waals surface area contributed by atoms with E-state index < -0.39 is 16.1 Å². The molecule has 110 valence electrons. The van der Waals surface area contributed by atoms with Gasteiger partial charge < -0.3 is 10.4 Å². The van der Waals surface area contributed by atoms with Crippen molar-refractivity contribution in [2.24, 2.45) is 0 Å². The summed E-state index contributed by atoms with van der Waals surface area (Å²) in [6.07, 6.45) is -0.482. The molecular formula is C12H16ClN3O3S. The van der Waals surface area contributed by atoms with Crippen LogP contribution in [0.15, 0.2) is 23.1 Å². The lowest BCUT2D eigenvalue weighted by Gasteiger charge is -2.09. The molecule has 0 radical (unpaired) electrons. The molecule has 0 aliphatic rings. The summed E-state index contributed by atoms with van der Waals surface area (Å²) in [6, 6.07) is 5.80. The molecule has 20 heavy (non-hydrogen) atoms. The molecule has 0 spiro atoms. The van der Waals surface area contributed by atoms with E-state index in [4.69, 9.17) is 22.0 Å². The van der Waals surface area contributed by atoms with Crippen molar-refractivity contribution < 1.29 is 13.5 Å². The van der Waals surface area contributed by atoms with Gasteiger partial charge >= 0.3 is 0 Å². The highest BCUT2D eigenvalue weighted by molar-refractivity contribution is 7.89. The van der Waals surface area contributed by atoms with E-state index in [1.54, 1.807) is 6.92 Å². The number of hydrogen-bond donors (Lipinski definition) is 3. The van der Waals surface area contributed by atoms with E-state index in [0.29, 0.717) is 13.1 Å². The average Bonchev–Trinajstić information content (AvgIpc) is 2.37. The molecule has 0 aromatic heterocycles. The summed E-state index contributed by atoms with van der Waals surface area (Å²) in [7, 11) is -3.65. The van der Waals surface area contributed by atoms with E-state index in [-0.39, 0.29) is 22.0 Å². The Labute approximate surface area is 123 Å². The molecule has 0 fully saturated rings. The van der Waals surface area contributed by atoms with E-state index in [1.807, 2.05) is 6.07 Å². The van der Waals surface area contributed by atoms with Gasteiger partial charge in [0.1, 0.15) is 6.07 Å². The van der Waals surface area contributed by atoms with Gasteiger partial charge in [0, 0.05) is 19.6 Å². The maximum atomic E-state index is 12.0. The normalized spacial score (nSPS) is 12.9. The van der Waals surface area contributed by atoms with Gasteiger partial charge in [-0.05, 0) is 25.1 Å². The van der Waals surface area contributed by atoms with Gasteiger partial charge in [0.15, 0.2) is 0 Å². The number of nitrogens with zero attached hydrogens (tertiary/aromatic N) is 1. The van der Waals surface area contributed by atoms with Crippen LogP contribution < -0.4 is 10.0 Å². The lowest BCUT2D eigenvalue weighted by atomic mass is 10.2. The number of nitrogens with one attached hydrogen (secondary N) is 2. The van der Waals surface area contributed by atoms with Crippen molar-refractivity contribution in [2.45, 2.75) is 17.9 Å². The van der Waals surface area contributed by atoms with Crippen molar-refractivity contribution in [3.63, 3.8) is 0 Å². The van der Waals surface area contributed by atoms with Crippen LogP contribution in [-0.2, 0) is 10.0 Å². The van der Waals surface area contributed by atoms with Crippen molar-refractivity contribution in [3.05, 3.63) is 28.8 Å². The number of aliphatic hydroxyl groups excluding tert-OH is 1. The van der Waals surface area contributed by atoms with Gasteiger partial charge in [0.25, 0.3) is 0 Å². The zero-order chi connectivity index (χ0) is 15.2. The quantitative estimate of drug-likeness (QED) is 0.634. The molecule has 0 saturated heterocycles. The van der Waals surface area contributed by atoms with Crippen LogP contribution in [0.4, 0.5) is 0 Å². The molecule has 1 unspecified atom stereocenters. The first kappa shape index (κ1) is 16.9. The highest BCUT2D eigenvalue weighted by atomic mass is 35.5. The third kappa shape index (κ3) is 5.07. The maximum absolute atomic E-state index is 12.0. The molecule has 1 atom stereocenters. The lowest BCUT2D eigenvalue weighted by molar-refractivity contribution is 0.192. The number of rotatable bonds is 7. The van der Waals surface area contributed by atoms with Gasteiger partial charge in [-0.3, -0.25) is 0 Å². The Kier molecular flexibility index (Phi) is 6.39. The molecule has 1 rings (SSSR count). The van der Waals surface area contributed by atoms with Crippen molar-refractivity contribution in [2.75, 3.05) is 19.6 Å². The van der Waals surface area contributed by atoms with Gasteiger partial charge in [-0.1, -0.05) is 11.6 Å². The molecule has 0 heterocycles. The lowest BCUT2D eigenvalue weighted by Crippen LogP contribution is -2.34. The fourth-order valence-corrected chi connectivity index (χ4v) is 2.77. The van der Waals surface area contributed by atoms with Crippen LogP contribution in [0.5, 0.6) is 0 Å². The summed E-state index contributed by atoms with van der Waals surface area (Å²) < 4.78 is 26.3. The van der Waals surface area contributed by atoms with Crippen LogP contribution in [0.25, 0.3) is 0 Å². The Morgan fingerprint density at radius 1 is 1.45 bits per heavy atom. The Bertz CT molecular complexity index is 596.